The lowest BCUT2D eigenvalue weighted by molar-refractivity contribution is -0.348. The summed E-state index contributed by atoms with van der Waals surface area (Å²) in [7, 11) is 6.69. The van der Waals surface area contributed by atoms with Gasteiger partial charge in [0.05, 0.1) is 41.3 Å². The number of carbonyl (C=O) groups is 1. The number of ether oxygens (including phenoxy) is 5. The number of likely N-dealkylation sites (N-methyl/N-ethyl adjacent to an activating group) is 1. The summed E-state index contributed by atoms with van der Waals surface area (Å²) in [6.45, 7) is 4.84. The number of β-amino-alcohol motifs (C(OH)–C–C–N with tert-alkyl or cyclic N) is 1. The van der Waals surface area contributed by atoms with E-state index in [4.69, 9.17) is 23.7 Å². The maximum atomic E-state index is 12.9. The molecule has 0 aromatic heterocycles. The Morgan fingerprint density at radius 1 is 1.06 bits per heavy atom. The van der Waals surface area contributed by atoms with Gasteiger partial charge in [0.1, 0.15) is 0 Å². The molecule has 9 heteroatoms. The van der Waals surface area contributed by atoms with Crippen LogP contribution in [0.3, 0.4) is 0 Å². The standard InChI is InChI=1S/C26H41NO8/c1-7-27-12-23(29)9-8-17(32-4)25-15-10-14-16(31-3)11-24(30,18(22(25)27)19(33-5)21(23)25)20(15)26(14,34-6)35-13(2)28/h14-22,29-30H,7-12H2,1-6H3/t14-,15-,16+,17+,18+,19-,20+,21-,22-,23-,24+,25+,26-/m1/s1. The lowest BCUT2D eigenvalue weighted by Gasteiger charge is -2.68. The van der Waals surface area contributed by atoms with Crippen LogP contribution in [-0.2, 0) is 28.5 Å². The molecular weight excluding hydrogens is 454 g/mol. The lowest BCUT2D eigenvalue weighted by Crippen LogP contribution is -2.78. The molecule has 5 aliphatic carbocycles. The van der Waals surface area contributed by atoms with Gasteiger partial charge >= 0.3 is 5.97 Å². The van der Waals surface area contributed by atoms with Crippen LogP contribution in [-0.4, -0.2) is 104 Å². The number of rotatable bonds is 6. The van der Waals surface area contributed by atoms with E-state index in [-0.39, 0.29) is 48.0 Å². The maximum Gasteiger partial charge on any atom is 0.305 e. The Morgan fingerprint density at radius 2 is 1.80 bits per heavy atom. The van der Waals surface area contributed by atoms with Crippen molar-refractivity contribution in [2.75, 3.05) is 41.5 Å². The second-order valence-electron chi connectivity index (χ2n) is 12.0. The number of hydrogen-bond donors (Lipinski definition) is 2. The van der Waals surface area contributed by atoms with Crippen molar-refractivity contribution in [3.63, 3.8) is 0 Å². The molecule has 6 fully saturated rings. The van der Waals surface area contributed by atoms with Crippen molar-refractivity contribution in [1.29, 1.82) is 0 Å². The fourth-order valence-electron chi connectivity index (χ4n) is 11.0. The Hall–Kier alpha value is -0.810. The number of methoxy groups -OCH3 is 4. The van der Waals surface area contributed by atoms with E-state index in [0.29, 0.717) is 25.8 Å². The van der Waals surface area contributed by atoms with E-state index in [2.05, 4.69) is 11.8 Å². The van der Waals surface area contributed by atoms with Gasteiger partial charge in [0.2, 0.25) is 5.79 Å². The van der Waals surface area contributed by atoms with Crippen molar-refractivity contribution in [1.82, 2.24) is 4.90 Å². The number of nitrogens with zero attached hydrogens (tertiary/aromatic N) is 1. The van der Waals surface area contributed by atoms with Crippen molar-refractivity contribution < 1.29 is 38.7 Å². The molecule has 35 heavy (non-hydrogen) atoms. The highest BCUT2D eigenvalue weighted by atomic mass is 16.7. The highest BCUT2D eigenvalue weighted by molar-refractivity contribution is 5.66. The van der Waals surface area contributed by atoms with Gasteiger partial charge in [0.25, 0.3) is 0 Å². The van der Waals surface area contributed by atoms with Crippen LogP contribution in [0.1, 0.15) is 39.5 Å². The summed E-state index contributed by atoms with van der Waals surface area (Å²) in [5.74, 6) is -3.05. The molecule has 7 bridgehead atoms. The SMILES string of the molecule is CCN1C[C@]2(O)CC[C@H](OC)[C@@]34[C@@H]5C[C@@H]6[C@@H](OC)C[C@](O)([C@@H]([C@@H](OC)[C@H]23)[C@@H]14)[C@H]5[C@]6(OC)OC(C)=O. The smallest absolute Gasteiger partial charge is 0.305 e. The Balaban J connectivity index is 1.66. The van der Waals surface area contributed by atoms with E-state index < -0.39 is 34.3 Å². The van der Waals surface area contributed by atoms with E-state index in [0.717, 1.165) is 13.0 Å². The summed E-state index contributed by atoms with van der Waals surface area (Å²) in [5.41, 5.74) is -2.68. The summed E-state index contributed by atoms with van der Waals surface area (Å²) in [6, 6.07) is -0.0273. The summed E-state index contributed by atoms with van der Waals surface area (Å²) in [4.78, 5) is 14.8. The number of hydrogen-bond acceptors (Lipinski definition) is 9. The molecule has 5 saturated carbocycles. The highest BCUT2D eigenvalue weighted by Crippen LogP contribution is 2.79. The second kappa shape index (κ2) is 7.62. The molecule has 0 unspecified atom stereocenters. The number of fused-ring (bicyclic) bond motifs is 2. The van der Waals surface area contributed by atoms with Crippen LogP contribution in [0.5, 0.6) is 0 Å². The van der Waals surface area contributed by atoms with Gasteiger partial charge < -0.3 is 33.9 Å². The predicted molar refractivity (Wildman–Crippen MR) is 123 cm³/mol. The van der Waals surface area contributed by atoms with Crippen molar-refractivity contribution >= 4 is 5.97 Å². The van der Waals surface area contributed by atoms with Gasteiger partial charge in [0, 0.05) is 71.6 Å². The summed E-state index contributed by atoms with van der Waals surface area (Å²) < 4.78 is 30.8. The molecule has 9 nitrogen and oxygen atoms in total. The van der Waals surface area contributed by atoms with E-state index >= 15 is 0 Å². The van der Waals surface area contributed by atoms with Crippen molar-refractivity contribution in [3.8, 4) is 0 Å². The van der Waals surface area contributed by atoms with Crippen molar-refractivity contribution in [2.24, 2.45) is 35.0 Å². The lowest BCUT2D eigenvalue weighted by atomic mass is 9.45. The Kier molecular flexibility index (Phi) is 5.34. The van der Waals surface area contributed by atoms with Crippen LogP contribution in [0, 0.1) is 35.0 Å². The van der Waals surface area contributed by atoms with E-state index in [1.165, 1.54) is 6.92 Å². The molecule has 1 heterocycles. The van der Waals surface area contributed by atoms with Gasteiger partial charge in [-0.3, -0.25) is 9.69 Å². The van der Waals surface area contributed by atoms with Gasteiger partial charge in [-0.2, -0.15) is 0 Å². The van der Waals surface area contributed by atoms with E-state index in [9.17, 15) is 15.0 Å². The predicted octanol–water partition coefficient (Wildman–Crippen LogP) is 0.799. The number of carbonyl (C=O) groups excluding carboxylic acids is 1. The third-order valence-corrected chi connectivity index (χ3v) is 11.4. The summed E-state index contributed by atoms with van der Waals surface area (Å²) in [6.07, 6.45) is 1.64. The number of esters is 1. The van der Waals surface area contributed by atoms with E-state index in [1.807, 2.05) is 0 Å². The van der Waals surface area contributed by atoms with Gasteiger partial charge in [-0.05, 0) is 31.7 Å². The third kappa shape index (κ3) is 2.52. The van der Waals surface area contributed by atoms with Crippen LogP contribution in [0.4, 0.5) is 0 Å². The molecular formula is C26H41NO8. The van der Waals surface area contributed by atoms with Gasteiger partial charge in [0.15, 0.2) is 0 Å². The molecule has 0 radical (unpaired) electrons. The molecule has 6 rings (SSSR count). The molecule has 2 N–H and O–H groups in total. The monoisotopic (exact) mass is 495 g/mol. The molecule has 0 amide bonds. The minimum atomic E-state index is -1.31. The first-order chi connectivity index (χ1) is 16.6. The third-order valence-electron chi connectivity index (χ3n) is 11.4. The largest absolute Gasteiger partial charge is 0.432 e. The van der Waals surface area contributed by atoms with Gasteiger partial charge in [-0.25, -0.2) is 0 Å². The first-order valence-electron chi connectivity index (χ1n) is 13.2. The Morgan fingerprint density at radius 3 is 2.37 bits per heavy atom. The van der Waals surface area contributed by atoms with Crippen LogP contribution in [0.25, 0.3) is 0 Å². The number of piperidine rings is 1. The molecule has 6 aliphatic rings. The van der Waals surface area contributed by atoms with Crippen LogP contribution >= 0.6 is 0 Å². The molecule has 0 aromatic carbocycles. The fourth-order valence-corrected chi connectivity index (χ4v) is 11.0. The van der Waals surface area contributed by atoms with Crippen molar-refractivity contribution in [2.45, 2.75) is 80.9 Å². The topological polar surface area (TPSA) is 107 Å². The Labute approximate surface area is 207 Å². The molecule has 1 aliphatic heterocycles. The minimum absolute atomic E-state index is 0.0273. The zero-order valence-corrected chi connectivity index (χ0v) is 21.7. The molecule has 198 valence electrons. The quantitative estimate of drug-likeness (QED) is 0.409. The van der Waals surface area contributed by atoms with Crippen molar-refractivity contribution in [3.05, 3.63) is 0 Å². The number of aliphatic hydroxyl groups is 2. The first-order valence-corrected chi connectivity index (χ1v) is 13.2. The minimum Gasteiger partial charge on any atom is -0.432 e. The fraction of sp³-hybridized carbons (Fsp3) is 0.962. The first kappa shape index (κ1) is 24.5. The van der Waals surface area contributed by atoms with Gasteiger partial charge in [-0.15, -0.1) is 0 Å². The molecule has 1 spiro atoms. The zero-order valence-electron chi connectivity index (χ0n) is 21.7. The zero-order chi connectivity index (χ0) is 25.1. The van der Waals surface area contributed by atoms with Crippen LogP contribution in [0.2, 0.25) is 0 Å². The summed E-state index contributed by atoms with van der Waals surface area (Å²) in [5, 5.41) is 25.1. The highest BCUT2D eigenvalue weighted by Gasteiger charge is 2.89. The van der Waals surface area contributed by atoms with Crippen LogP contribution < -0.4 is 0 Å². The number of likely N-dealkylation sites (tertiary alicyclic amines) is 1. The molecule has 0 aromatic rings. The summed E-state index contributed by atoms with van der Waals surface area (Å²) >= 11 is 0. The average Bonchev–Trinajstić information content (AvgIpc) is 3.22. The van der Waals surface area contributed by atoms with Crippen LogP contribution in [0.15, 0.2) is 0 Å². The second-order valence-corrected chi connectivity index (χ2v) is 12.0. The molecule has 1 saturated heterocycles. The Bertz CT molecular complexity index is 903. The normalized spacial score (nSPS) is 57.9. The van der Waals surface area contributed by atoms with Gasteiger partial charge in [-0.1, -0.05) is 6.92 Å². The average molecular weight is 496 g/mol. The molecule has 13 atom stereocenters. The van der Waals surface area contributed by atoms with E-state index in [1.54, 1.807) is 28.4 Å². The maximum absolute atomic E-state index is 12.9.